The van der Waals surface area contributed by atoms with Gasteiger partial charge in [0.15, 0.2) is 5.69 Å². The molecule has 0 radical (unpaired) electrons. The highest BCUT2D eigenvalue weighted by Gasteiger charge is 2.31. The Hall–Kier alpha value is -3.82. The number of alkyl halides is 3. The summed E-state index contributed by atoms with van der Waals surface area (Å²) in [7, 11) is 0. The monoisotopic (exact) mass is 416 g/mol. The molecule has 0 saturated heterocycles. The van der Waals surface area contributed by atoms with Crippen LogP contribution in [0, 0.1) is 6.92 Å². The second-order valence-electron chi connectivity index (χ2n) is 6.49. The summed E-state index contributed by atoms with van der Waals surface area (Å²) in [5.74, 6) is 0.226. The molecule has 0 saturated carbocycles. The number of benzene rings is 2. The zero-order valence-corrected chi connectivity index (χ0v) is 15.6. The summed E-state index contributed by atoms with van der Waals surface area (Å²) in [5.41, 5.74) is 2.65. The lowest BCUT2D eigenvalue weighted by Gasteiger charge is -2.08. The van der Waals surface area contributed by atoms with Crippen molar-refractivity contribution in [2.75, 3.05) is 0 Å². The first-order valence-electron chi connectivity index (χ1n) is 8.79. The first-order valence-corrected chi connectivity index (χ1v) is 8.79. The van der Waals surface area contributed by atoms with Gasteiger partial charge < -0.3 is 14.4 Å². The maximum Gasteiger partial charge on any atom is 0.573 e. The van der Waals surface area contributed by atoms with Crippen molar-refractivity contribution in [1.29, 1.82) is 0 Å². The number of ether oxygens (including phenoxy) is 1. The van der Waals surface area contributed by atoms with Crippen LogP contribution in [0.25, 0.3) is 23.0 Å². The summed E-state index contributed by atoms with van der Waals surface area (Å²) in [4.78, 5) is 4.27. The Balaban J connectivity index is 1.53. The van der Waals surface area contributed by atoms with Crippen molar-refractivity contribution >= 4 is 0 Å². The number of halogens is 3. The van der Waals surface area contributed by atoms with Gasteiger partial charge in [-0.25, -0.2) is 0 Å². The van der Waals surface area contributed by atoms with E-state index in [9.17, 15) is 18.3 Å². The standard InChI is InChI=1S/C20H15F3N4O3/c1-12-9-17(25-27(12)11-13-3-2-4-15(28)10-13)19-24-18(26-30-19)14-5-7-16(8-6-14)29-20(21,22)23/h2-10,28H,11H2,1H3. The molecular weight excluding hydrogens is 401 g/mol. The summed E-state index contributed by atoms with van der Waals surface area (Å²) in [6, 6.07) is 13.8. The molecule has 7 nitrogen and oxygen atoms in total. The molecule has 4 aromatic rings. The fourth-order valence-corrected chi connectivity index (χ4v) is 2.85. The van der Waals surface area contributed by atoms with Crippen LogP contribution in [0.15, 0.2) is 59.1 Å². The minimum Gasteiger partial charge on any atom is -0.508 e. The van der Waals surface area contributed by atoms with Gasteiger partial charge in [0.2, 0.25) is 5.82 Å². The zero-order chi connectivity index (χ0) is 21.3. The van der Waals surface area contributed by atoms with Crippen molar-refractivity contribution in [2.24, 2.45) is 0 Å². The number of hydrogen-bond acceptors (Lipinski definition) is 6. The van der Waals surface area contributed by atoms with E-state index in [1.807, 2.05) is 13.0 Å². The fraction of sp³-hybridized carbons (Fsp3) is 0.150. The van der Waals surface area contributed by atoms with Gasteiger partial charge in [-0.1, -0.05) is 17.3 Å². The van der Waals surface area contributed by atoms with Crippen LogP contribution in [-0.4, -0.2) is 31.4 Å². The van der Waals surface area contributed by atoms with E-state index in [2.05, 4.69) is 20.0 Å². The summed E-state index contributed by atoms with van der Waals surface area (Å²) < 4.78 is 47.6. The highest BCUT2D eigenvalue weighted by Crippen LogP contribution is 2.27. The largest absolute Gasteiger partial charge is 0.573 e. The molecule has 0 aliphatic rings. The van der Waals surface area contributed by atoms with Crippen LogP contribution in [-0.2, 0) is 6.54 Å². The smallest absolute Gasteiger partial charge is 0.508 e. The zero-order valence-electron chi connectivity index (χ0n) is 15.6. The number of phenolic OH excluding ortho intramolecular Hbond substituents is 1. The van der Waals surface area contributed by atoms with Crippen LogP contribution in [0.1, 0.15) is 11.3 Å². The van der Waals surface area contributed by atoms with Crippen molar-refractivity contribution in [3.63, 3.8) is 0 Å². The molecule has 154 valence electrons. The number of hydrogen-bond donors (Lipinski definition) is 1. The number of aryl methyl sites for hydroxylation is 1. The molecule has 4 rings (SSSR count). The molecule has 0 bridgehead atoms. The minimum atomic E-state index is -4.75. The molecule has 0 fully saturated rings. The summed E-state index contributed by atoms with van der Waals surface area (Å²) in [5, 5.41) is 17.9. The number of rotatable bonds is 5. The molecule has 10 heteroatoms. The van der Waals surface area contributed by atoms with Gasteiger partial charge >= 0.3 is 6.36 Å². The normalized spacial score (nSPS) is 11.6. The Bertz CT molecular complexity index is 1170. The Morgan fingerprint density at radius 1 is 1.10 bits per heavy atom. The second kappa shape index (κ2) is 7.54. The van der Waals surface area contributed by atoms with Crippen molar-refractivity contribution < 1.29 is 27.5 Å². The topological polar surface area (TPSA) is 86.2 Å². The lowest BCUT2D eigenvalue weighted by atomic mass is 10.2. The molecule has 0 atom stereocenters. The highest BCUT2D eigenvalue weighted by molar-refractivity contribution is 5.58. The maximum absolute atomic E-state index is 12.3. The van der Waals surface area contributed by atoms with Gasteiger partial charge in [-0.15, -0.1) is 13.2 Å². The molecule has 1 N–H and O–H groups in total. The van der Waals surface area contributed by atoms with Crippen LogP contribution in [0.3, 0.4) is 0 Å². The molecule has 0 aliphatic carbocycles. The fourth-order valence-electron chi connectivity index (χ4n) is 2.85. The SMILES string of the molecule is Cc1cc(-c2nc(-c3ccc(OC(F)(F)F)cc3)no2)nn1Cc1cccc(O)c1. The van der Waals surface area contributed by atoms with Gasteiger partial charge in [0.05, 0.1) is 6.54 Å². The molecule has 2 aromatic heterocycles. The Morgan fingerprint density at radius 3 is 2.57 bits per heavy atom. The van der Waals surface area contributed by atoms with Crippen LogP contribution in [0.2, 0.25) is 0 Å². The number of aromatic nitrogens is 4. The Labute approximate surface area is 168 Å². The third kappa shape index (κ3) is 4.43. The van der Waals surface area contributed by atoms with Crippen LogP contribution < -0.4 is 4.74 Å². The quantitative estimate of drug-likeness (QED) is 0.513. The van der Waals surface area contributed by atoms with Crippen LogP contribution in [0.4, 0.5) is 13.2 Å². The molecule has 0 aliphatic heterocycles. The molecule has 0 unspecified atom stereocenters. The van der Waals surface area contributed by atoms with E-state index >= 15 is 0 Å². The van der Waals surface area contributed by atoms with Crippen molar-refractivity contribution in [3.8, 4) is 34.5 Å². The average molecular weight is 416 g/mol. The number of nitrogens with zero attached hydrogens (tertiary/aromatic N) is 4. The molecule has 0 amide bonds. The highest BCUT2D eigenvalue weighted by atomic mass is 19.4. The third-order valence-electron chi connectivity index (χ3n) is 4.22. The Kier molecular flexibility index (Phi) is 4.90. The van der Waals surface area contributed by atoms with Crippen molar-refractivity contribution in [3.05, 3.63) is 65.9 Å². The van der Waals surface area contributed by atoms with Gasteiger partial charge in [-0.2, -0.15) is 10.1 Å². The predicted octanol–water partition coefficient (Wildman–Crippen LogP) is 4.56. The summed E-state index contributed by atoms with van der Waals surface area (Å²) >= 11 is 0. The van der Waals surface area contributed by atoms with E-state index in [0.29, 0.717) is 17.8 Å². The summed E-state index contributed by atoms with van der Waals surface area (Å²) in [6.45, 7) is 2.32. The van der Waals surface area contributed by atoms with Gasteiger partial charge in [0.25, 0.3) is 5.89 Å². The molecule has 2 aromatic carbocycles. The van der Waals surface area contributed by atoms with Crippen LogP contribution in [0.5, 0.6) is 11.5 Å². The first kappa shape index (κ1) is 19.5. The van der Waals surface area contributed by atoms with Gasteiger partial charge in [-0.05, 0) is 55.0 Å². The van der Waals surface area contributed by atoms with Gasteiger partial charge in [0, 0.05) is 11.3 Å². The molecular formula is C20H15F3N4O3. The van der Waals surface area contributed by atoms with E-state index in [0.717, 1.165) is 11.3 Å². The molecule has 2 heterocycles. The van der Waals surface area contributed by atoms with E-state index in [-0.39, 0.29) is 23.2 Å². The Morgan fingerprint density at radius 2 is 1.87 bits per heavy atom. The molecule has 0 spiro atoms. The van der Waals surface area contributed by atoms with E-state index < -0.39 is 6.36 Å². The minimum absolute atomic E-state index is 0.172. The lowest BCUT2D eigenvalue weighted by Crippen LogP contribution is -2.16. The third-order valence-corrected chi connectivity index (χ3v) is 4.22. The summed E-state index contributed by atoms with van der Waals surface area (Å²) in [6.07, 6.45) is -4.75. The van der Waals surface area contributed by atoms with Gasteiger partial charge in [-0.3, -0.25) is 4.68 Å². The van der Waals surface area contributed by atoms with Crippen molar-refractivity contribution in [2.45, 2.75) is 19.8 Å². The first-order chi connectivity index (χ1) is 14.3. The number of phenols is 1. The average Bonchev–Trinajstić information content (AvgIpc) is 3.29. The van der Waals surface area contributed by atoms with E-state index in [4.69, 9.17) is 4.52 Å². The van der Waals surface area contributed by atoms with E-state index in [1.54, 1.807) is 28.9 Å². The van der Waals surface area contributed by atoms with Gasteiger partial charge in [0.1, 0.15) is 11.5 Å². The predicted molar refractivity (Wildman–Crippen MR) is 99.6 cm³/mol. The van der Waals surface area contributed by atoms with E-state index in [1.165, 1.54) is 24.3 Å². The second-order valence-corrected chi connectivity index (χ2v) is 6.49. The van der Waals surface area contributed by atoms with Crippen LogP contribution >= 0.6 is 0 Å². The molecule has 30 heavy (non-hydrogen) atoms. The maximum atomic E-state index is 12.3. The number of aromatic hydroxyl groups is 1. The van der Waals surface area contributed by atoms with Crippen molar-refractivity contribution in [1.82, 2.24) is 19.9 Å². The lowest BCUT2D eigenvalue weighted by molar-refractivity contribution is -0.274.